The Morgan fingerprint density at radius 2 is 1.84 bits per heavy atom. The average Bonchev–Trinajstić information content (AvgIpc) is 3.15. The van der Waals surface area contributed by atoms with E-state index in [9.17, 15) is 4.79 Å². The molecule has 0 aliphatic carbocycles. The molecule has 2 aliphatic heterocycles. The molecular formula is C16H27N7O2. The van der Waals surface area contributed by atoms with E-state index in [4.69, 9.17) is 10.5 Å². The molecule has 0 unspecified atom stereocenters. The van der Waals surface area contributed by atoms with Crippen LogP contribution in [0.4, 0.5) is 4.79 Å². The molecule has 0 saturated carbocycles. The van der Waals surface area contributed by atoms with Gasteiger partial charge in [-0.2, -0.15) is 0 Å². The van der Waals surface area contributed by atoms with Crippen LogP contribution in [-0.2, 0) is 24.2 Å². The highest BCUT2D eigenvalue weighted by atomic mass is 16.6. The maximum atomic E-state index is 12.1. The predicted molar refractivity (Wildman–Crippen MR) is 93.0 cm³/mol. The summed E-state index contributed by atoms with van der Waals surface area (Å²) in [6, 6.07) is 0. The van der Waals surface area contributed by atoms with E-state index in [1.807, 2.05) is 25.7 Å². The first-order valence-corrected chi connectivity index (χ1v) is 8.77. The van der Waals surface area contributed by atoms with Crippen molar-refractivity contribution in [2.24, 2.45) is 10.7 Å². The van der Waals surface area contributed by atoms with Crippen molar-refractivity contribution in [2.75, 3.05) is 26.2 Å². The minimum absolute atomic E-state index is 0.276. The Morgan fingerprint density at radius 3 is 2.52 bits per heavy atom. The summed E-state index contributed by atoms with van der Waals surface area (Å²) >= 11 is 0. The summed E-state index contributed by atoms with van der Waals surface area (Å²) in [5, 5.41) is 8.36. The van der Waals surface area contributed by atoms with Crippen molar-refractivity contribution in [1.29, 1.82) is 0 Å². The molecule has 9 heteroatoms. The van der Waals surface area contributed by atoms with Gasteiger partial charge in [-0.3, -0.25) is 0 Å². The van der Waals surface area contributed by atoms with Gasteiger partial charge in [-0.15, -0.1) is 10.2 Å². The standard InChI is InChI=1S/C16H27N7O2/c1-16(2,3)25-15(24)22-9-7-21(8-10-22)14(17)18-11-13-20-19-12-5-4-6-23(12)13/h4-11H2,1-3H3,(H2,17,18). The number of nitrogens with zero attached hydrogens (tertiary/aromatic N) is 6. The monoisotopic (exact) mass is 349 g/mol. The number of piperazine rings is 1. The molecule has 0 spiro atoms. The van der Waals surface area contributed by atoms with Crippen LogP contribution in [0.15, 0.2) is 4.99 Å². The highest BCUT2D eigenvalue weighted by molar-refractivity contribution is 5.78. The normalized spacial score (nSPS) is 18.4. The summed E-state index contributed by atoms with van der Waals surface area (Å²) in [6.45, 7) is 9.44. The summed E-state index contributed by atoms with van der Waals surface area (Å²) in [4.78, 5) is 20.2. The first kappa shape index (κ1) is 17.5. The van der Waals surface area contributed by atoms with E-state index in [-0.39, 0.29) is 6.09 Å². The number of carbonyl (C=O) groups is 1. The lowest BCUT2D eigenvalue weighted by atomic mass is 10.2. The lowest BCUT2D eigenvalue weighted by Crippen LogP contribution is -2.53. The van der Waals surface area contributed by atoms with Crippen molar-refractivity contribution < 1.29 is 9.53 Å². The Labute approximate surface area is 147 Å². The molecule has 0 aromatic carbocycles. The number of rotatable bonds is 2. The van der Waals surface area contributed by atoms with Crippen LogP contribution in [0.25, 0.3) is 0 Å². The molecule has 2 aliphatic rings. The number of ether oxygens (including phenoxy) is 1. The van der Waals surface area contributed by atoms with E-state index in [1.54, 1.807) is 4.90 Å². The van der Waals surface area contributed by atoms with E-state index in [1.165, 1.54) is 0 Å². The molecule has 25 heavy (non-hydrogen) atoms. The summed E-state index contributed by atoms with van der Waals surface area (Å²) in [7, 11) is 0. The van der Waals surface area contributed by atoms with Crippen molar-refractivity contribution in [3.63, 3.8) is 0 Å². The van der Waals surface area contributed by atoms with Crippen LogP contribution < -0.4 is 5.73 Å². The summed E-state index contributed by atoms with van der Waals surface area (Å²) in [5.41, 5.74) is 5.64. The molecule has 3 heterocycles. The van der Waals surface area contributed by atoms with E-state index in [0.717, 1.165) is 31.0 Å². The van der Waals surface area contributed by atoms with Gasteiger partial charge < -0.3 is 24.8 Å². The van der Waals surface area contributed by atoms with Gasteiger partial charge in [0.15, 0.2) is 11.8 Å². The number of aromatic nitrogens is 3. The zero-order valence-corrected chi connectivity index (χ0v) is 15.2. The molecule has 9 nitrogen and oxygen atoms in total. The zero-order chi connectivity index (χ0) is 18.0. The summed E-state index contributed by atoms with van der Waals surface area (Å²) < 4.78 is 7.52. The van der Waals surface area contributed by atoms with E-state index in [2.05, 4.69) is 19.8 Å². The second kappa shape index (κ2) is 6.89. The molecule has 0 atom stereocenters. The maximum absolute atomic E-state index is 12.1. The number of fused-ring (bicyclic) bond motifs is 1. The Bertz CT molecular complexity index is 654. The lowest BCUT2D eigenvalue weighted by Gasteiger charge is -2.36. The van der Waals surface area contributed by atoms with Crippen molar-refractivity contribution >= 4 is 12.1 Å². The number of guanidine groups is 1. The third-order valence-corrected chi connectivity index (χ3v) is 4.32. The highest BCUT2D eigenvalue weighted by Crippen LogP contribution is 2.15. The van der Waals surface area contributed by atoms with Crippen LogP contribution in [0, 0.1) is 0 Å². The van der Waals surface area contributed by atoms with E-state index < -0.39 is 5.60 Å². The van der Waals surface area contributed by atoms with E-state index >= 15 is 0 Å². The zero-order valence-electron chi connectivity index (χ0n) is 15.2. The van der Waals surface area contributed by atoms with Gasteiger partial charge >= 0.3 is 6.09 Å². The Kier molecular flexibility index (Phi) is 4.82. The molecule has 138 valence electrons. The van der Waals surface area contributed by atoms with Crippen LogP contribution in [0.2, 0.25) is 0 Å². The van der Waals surface area contributed by atoms with Crippen molar-refractivity contribution in [2.45, 2.75) is 52.3 Å². The molecule has 1 fully saturated rings. The fourth-order valence-corrected chi connectivity index (χ4v) is 3.02. The molecular weight excluding hydrogens is 322 g/mol. The van der Waals surface area contributed by atoms with Crippen LogP contribution in [-0.4, -0.2) is 68.4 Å². The van der Waals surface area contributed by atoms with Crippen LogP contribution in [0.5, 0.6) is 0 Å². The quantitative estimate of drug-likeness (QED) is 0.619. The van der Waals surface area contributed by atoms with Crippen molar-refractivity contribution in [3.8, 4) is 0 Å². The molecule has 1 amide bonds. The molecule has 3 rings (SSSR count). The Morgan fingerprint density at radius 1 is 1.16 bits per heavy atom. The second-order valence-corrected chi connectivity index (χ2v) is 7.42. The van der Waals surface area contributed by atoms with Crippen LogP contribution in [0.1, 0.15) is 38.8 Å². The van der Waals surface area contributed by atoms with Crippen molar-refractivity contribution in [3.05, 3.63) is 11.6 Å². The van der Waals surface area contributed by atoms with Gasteiger partial charge in [-0.1, -0.05) is 0 Å². The maximum Gasteiger partial charge on any atom is 0.410 e. The third-order valence-electron chi connectivity index (χ3n) is 4.32. The third kappa shape index (κ3) is 4.21. The first-order chi connectivity index (χ1) is 11.8. The molecule has 2 N–H and O–H groups in total. The molecule has 1 saturated heterocycles. The van der Waals surface area contributed by atoms with Gasteiger partial charge in [0.1, 0.15) is 18.0 Å². The number of hydrogen-bond acceptors (Lipinski definition) is 5. The van der Waals surface area contributed by atoms with E-state index in [0.29, 0.717) is 38.7 Å². The topological polar surface area (TPSA) is 102 Å². The number of nitrogens with two attached hydrogens (primary N) is 1. The van der Waals surface area contributed by atoms with Gasteiger partial charge in [-0.25, -0.2) is 9.79 Å². The fourth-order valence-electron chi connectivity index (χ4n) is 3.02. The highest BCUT2D eigenvalue weighted by Gasteiger charge is 2.26. The predicted octanol–water partition coefficient (Wildman–Crippen LogP) is 0.592. The number of carbonyl (C=O) groups excluding carboxylic acids is 1. The number of amides is 1. The molecule has 1 aromatic rings. The number of aliphatic imine (C=N–C) groups is 1. The average molecular weight is 349 g/mol. The smallest absolute Gasteiger partial charge is 0.410 e. The minimum atomic E-state index is -0.479. The van der Waals surface area contributed by atoms with Crippen molar-refractivity contribution in [1.82, 2.24) is 24.6 Å². The van der Waals surface area contributed by atoms with Gasteiger partial charge in [0, 0.05) is 39.1 Å². The first-order valence-electron chi connectivity index (χ1n) is 8.77. The molecule has 1 aromatic heterocycles. The van der Waals surface area contributed by atoms with Gasteiger partial charge in [0.05, 0.1) is 0 Å². The summed E-state index contributed by atoms with van der Waals surface area (Å²) in [6.07, 6.45) is 1.82. The Balaban J connectivity index is 1.51. The van der Waals surface area contributed by atoms with Crippen LogP contribution in [0.3, 0.4) is 0 Å². The number of aryl methyl sites for hydroxylation is 1. The van der Waals surface area contributed by atoms with Crippen LogP contribution >= 0.6 is 0 Å². The molecule has 0 bridgehead atoms. The minimum Gasteiger partial charge on any atom is -0.444 e. The summed E-state index contributed by atoms with van der Waals surface area (Å²) in [5.74, 6) is 2.39. The SMILES string of the molecule is CC(C)(C)OC(=O)N1CCN(C(N)=NCc2nnc3n2CCC3)CC1. The second-order valence-electron chi connectivity index (χ2n) is 7.42. The lowest BCUT2D eigenvalue weighted by molar-refractivity contribution is 0.0186. The van der Waals surface area contributed by atoms with Gasteiger partial charge in [-0.05, 0) is 27.2 Å². The largest absolute Gasteiger partial charge is 0.444 e. The fraction of sp³-hybridized carbons (Fsp3) is 0.750. The number of hydrogen-bond donors (Lipinski definition) is 1. The Hall–Kier alpha value is -2.32. The molecule has 0 radical (unpaired) electrons. The van der Waals surface area contributed by atoms with Gasteiger partial charge in [0.25, 0.3) is 0 Å². The van der Waals surface area contributed by atoms with Gasteiger partial charge in [0.2, 0.25) is 0 Å².